The third kappa shape index (κ3) is 3.31. The Balaban J connectivity index is 1.67. The lowest BCUT2D eigenvalue weighted by Crippen LogP contribution is -2.49. The van der Waals surface area contributed by atoms with Crippen molar-refractivity contribution in [1.82, 2.24) is 24.5 Å². The second-order valence-corrected chi connectivity index (χ2v) is 7.48. The summed E-state index contributed by atoms with van der Waals surface area (Å²) in [7, 11) is 0. The zero-order valence-electron chi connectivity index (χ0n) is 15.6. The average molecular weight is 378 g/mol. The summed E-state index contributed by atoms with van der Waals surface area (Å²) in [4.78, 5) is 23.0. The van der Waals surface area contributed by atoms with Gasteiger partial charge in [-0.15, -0.1) is 0 Å². The van der Waals surface area contributed by atoms with Crippen LogP contribution in [0.25, 0.3) is 5.78 Å². The number of carbonyl (C=O) groups is 1. The Morgan fingerprint density at radius 1 is 1.36 bits per heavy atom. The Morgan fingerprint density at radius 2 is 2.11 bits per heavy atom. The minimum absolute atomic E-state index is 0.0207. The molecule has 0 aliphatic carbocycles. The Kier molecular flexibility index (Phi) is 4.30. The number of aryl methyl sites for hydroxylation is 1. The number of nitriles is 1. The Bertz CT molecular complexity index is 1080. The van der Waals surface area contributed by atoms with E-state index in [1.165, 1.54) is 18.2 Å². The third-order valence-corrected chi connectivity index (χ3v) is 5.01. The summed E-state index contributed by atoms with van der Waals surface area (Å²) < 4.78 is 16.8. The molecule has 2 aromatic heterocycles. The number of halogens is 1. The zero-order valence-corrected chi connectivity index (χ0v) is 15.6. The van der Waals surface area contributed by atoms with E-state index in [2.05, 4.69) is 15.1 Å². The van der Waals surface area contributed by atoms with Crippen LogP contribution in [0.3, 0.4) is 0 Å². The van der Waals surface area contributed by atoms with Gasteiger partial charge in [0, 0.05) is 23.7 Å². The van der Waals surface area contributed by atoms with Gasteiger partial charge >= 0.3 is 0 Å². The van der Waals surface area contributed by atoms with Gasteiger partial charge in [-0.3, -0.25) is 4.79 Å². The van der Waals surface area contributed by atoms with Crippen molar-refractivity contribution in [3.8, 4) is 6.07 Å². The molecule has 1 aliphatic heterocycles. The molecule has 2 unspecified atom stereocenters. The fourth-order valence-corrected chi connectivity index (χ4v) is 3.84. The first-order valence-electron chi connectivity index (χ1n) is 9.02. The molecule has 4 rings (SSSR count). The van der Waals surface area contributed by atoms with Gasteiger partial charge in [0.15, 0.2) is 0 Å². The van der Waals surface area contributed by atoms with E-state index in [1.807, 2.05) is 19.1 Å². The summed E-state index contributed by atoms with van der Waals surface area (Å²) in [5.41, 5.74) is 0.944. The average Bonchev–Trinajstić information content (AvgIpc) is 3.13. The number of benzene rings is 1. The lowest BCUT2D eigenvalue weighted by atomic mass is 9.85. The molecule has 0 saturated carbocycles. The second kappa shape index (κ2) is 6.68. The summed E-state index contributed by atoms with van der Waals surface area (Å²) in [6.07, 6.45) is 1.70. The highest BCUT2D eigenvalue weighted by Gasteiger charge is 2.40. The standard InChI is InChI=1S/C20H19FN6O/c1-13-7-17(27-19(25-13)23-12-24-27)16-8-20(2,21)11-26(10-16)18(28)15-5-3-14(9-22)4-6-15/h3-7,12,16H,8,10-11H2,1-2H3. The normalized spacial score (nSPS) is 22.2. The molecule has 0 spiro atoms. The number of carbonyl (C=O) groups excluding carboxylic acids is 1. The van der Waals surface area contributed by atoms with Gasteiger partial charge in [-0.25, -0.2) is 13.9 Å². The first kappa shape index (κ1) is 18.0. The van der Waals surface area contributed by atoms with Crippen LogP contribution in [0.4, 0.5) is 4.39 Å². The van der Waals surface area contributed by atoms with Gasteiger partial charge in [-0.2, -0.15) is 15.3 Å². The lowest BCUT2D eigenvalue weighted by Gasteiger charge is -2.40. The second-order valence-electron chi connectivity index (χ2n) is 7.48. The maximum absolute atomic E-state index is 15.2. The van der Waals surface area contributed by atoms with Gasteiger partial charge in [0.1, 0.15) is 12.0 Å². The molecule has 142 valence electrons. The van der Waals surface area contributed by atoms with Gasteiger partial charge in [0.2, 0.25) is 0 Å². The minimum Gasteiger partial charge on any atom is -0.335 e. The molecule has 1 amide bonds. The molecule has 8 heteroatoms. The maximum Gasteiger partial charge on any atom is 0.253 e. The predicted molar refractivity (Wildman–Crippen MR) is 99.5 cm³/mol. The van der Waals surface area contributed by atoms with Crippen LogP contribution in [0.5, 0.6) is 0 Å². The number of likely N-dealkylation sites (tertiary alicyclic amines) is 1. The van der Waals surface area contributed by atoms with Crippen molar-refractivity contribution >= 4 is 11.7 Å². The molecule has 1 aromatic carbocycles. The van der Waals surface area contributed by atoms with Crippen molar-refractivity contribution < 1.29 is 9.18 Å². The molecule has 0 radical (unpaired) electrons. The molecule has 1 aliphatic rings. The van der Waals surface area contributed by atoms with Crippen LogP contribution in [-0.2, 0) is 0 Å². The highest BCUT2D eigenvalue weighted by Crippen LogP contribution is 2.35. The SMILES string of the molecule is Cc1cc(C2CN(C(=O)c3ccc(C#N)cc3)CC(C)(F)C2)n2ncnc2n1. The van der Waals surface area contributed by atoms with Crippen molar-refractivity contribution in [1.29, 1.82) is 5.26 Å². The highest BCUT2D eigenvalue weighted by molar-refractivity contribution is 5.94. The smallest absolute Gasteiger partial charge is 0.253 e. The van der Waals surface area contributed by atoms with Crippen LogP contribution in [0, 0.1) is 18.3 Å². The molecule has 3 aromatic rings. The number of nitrogens with zero attached hydrogens (tertiary/aromatic N) is 6. The molecule has 0 bridgehead atoms. The quantitative estimate of drug-likeness (QED) is 0.684. The van der Waals surface area contributed by atoms with Crippen molar-refractivity contribution in [3.63, 3.8) is 0 Å². The molecule has 3 heterocycles. The van der Waals surface area contributed by atoms with E-state index in [-0.39, 0.29) is 24.8 Å². The third-order valence-electron chi connectivity index (χ3n) is 5.01. The van der Waals surface area contributed by atoms with Crippen LogP contribution >= 0.6 is 0 Å². The number of alkyl halides is 1. The van der Waals surface area contributed by atoms with Gasteiger partial charge in [0.05, 0.1) is 23.9 Å². The van der Waals surface area contributed by atoms with Crippen molar-refractivity contribution in [2.24, 2.45) is 0 Å². The fourth-order valence-electron chi connectivity index (χ4n) is 3.84. The number of hydrogen-bond donors (Lipinski definition) is 0. The van der Waals surface area contributed by atoms with E-state index >= 15 is 4.39 Å². The maximum atomic E-state index is 15.2. The Morgan fingerprint density at radius 3 is 2.82 bits per heavy atom. The summed E-state index contributed by atoms with van der Waals surface area (Å²) in [6, 6.07) is 10.3. The van der Waals surface area contributed by atoms with Crippen LogP contribution in [0.2, 0.25) is 0 Å². The molecule has 1 fully saturated rings. The molecular formula is C20H19FN6O. The summed E-state index contributed by atoms with van der Waals surface area (Å²) >= 11 is 0. The van der Waals surface area contributed by atoms with Gasteiger partial charge in [-0.05, 0) is 50.6 Å². The zero-order chi connectivity index (χ0) is 19.9. The summed E-state index contributed by atoms with van der Waals surface area (Å²) in [6.45, 7) is 3.77. The molecule has 7 nitrogen and oxygen atoms in total. The van der Waals surface area contributed by atoms with Crippen LogP contribution in [-0.4, -0.2) is 49.1 Å². The van der Waals surface area contributed by atoms with E-state index < -0.39 is 5.67 Å². The molecule has 28 heavy (non-hydrogen) atoms. The van der Waals surface area contributed by atoms with Gasteiger partial charge < -0.3 is 4.90 Å². The van der Waals surface area contributed by atoms with Crippen LogP contribution < -0.4 is 0 Å². The van der Waals surface area contributed by atoms with E-state index in [0.29, 0.717) is 23.4 Å². The van der Waals surface area contributed by atoms with Crippen molar-refractivity contribution in [2.45, 2.75) is 31.9 Å². The molecule has 2 atom stereocenters. The predicted octanol–water partition coefficient (Wildman–Crippen LogP) is 2.66. The highest BCUT2D eigenvalue weighted by atomic mass is 19.1. The summed E-state index contributed by atoms with van der Waals surface area (Å²) in [5.74, 6) is -0.0261. The molecule has 0 N–H and O–H groups in total. The van der Waals surface area contributed by atoms with Gasteiger partial charge in [-0.1, -0.05) is 0 Å². The van der Waals surface area contributed by atoms with Crippen molar-refractivity contribution in [3.05, 3.63) is 59.2 Å². The molecular weight excluding hydrogens is 359 g/mol. The fraction of sp³-hybridized carbons (Fsp3) is 0.350. The first-order chi connectivity index (χ1) is 13.4. The number of amides is 1. The van der Waals surface area contributed by atoms with E-state index in [4.69, 9.17) is 5.26 Å². The van der Waals surface area contributed by atoms with E-state index in [0.717, 1.165) is 11.4 Å². The Labute approximate surface area is 161 Å². The van der Waals surface area contributed by atoms with E-state index in [1.54, 1.807) is 28.8 Å². The minimum atomic E-state index is -1.53. The van der Waals surface area contributed by atoms with Gasteiger partial charge in [0.25, 0.3) is 11.7 Å². The number of fused-ring (bicyclic) bond motifs is 1. The monoisotopic (exact) mass is 378 g/mol. The number of piperidine rings is 1. The lowest BCUT2D eigenvalue weighted by molar-refractivity contribution is 0.0342. The van der Waals surface area contributed by atoms with E-state index in [9.17, 15) is 4.79 Å². The Hall–Kier alpha value is -3.34. The summed E-state index contributed by atoms with van der Waals surface area (Å²) in [5, 5.41) is 13.1. The first-order valence-corrected chi connectivity index (χ1v) is 9.02. The number of rotatable bonds is 2. The topological polar surface area (TPSA) is 87.2 Å². The van der Waals surface area contributed by atoms with Crippen molar-refractivity contribution in [2.75, 3.05) is 13.1 Å². The molecule has 1 saturated heterocycles. The number of aromatic nitrogens is 4. The number of hydrogen-bond acceptors (Lipinski definition) is 5. The van der Waals surface area contributed by atoms with Crippen LogP contribution in [0.1, 0.15) is 46.6 Å². The largest absolute Gasteiger partial charge is 0.335 e. The van der Waals surface area contributed by atoms with Crippen LogP contribution in [0.15, 0.2) is 36.7 Å².